The van der Waals surface area contributed by atoms with Gasteiger partial charge in [0, 0.05) is 51.0 Å². The number of carbonyl (C=O) groups excluding carboxylic acids is 7. The maximum absolute atomic E-state index is 12.9. The number of amides is 7. The van der Waals surface area contributed by atoms with Crippen LogP contribution in [0.3, 0.4) is 0 Å². The summed E-state index contributed by atoms with van der Waals surface area (Å²) in [5.74, 6) is -3.97. The standard InChI is InChI=1S/C24H34N8O9/c25-9-1-17(33)26-10(9)2-18(34)27-11-3-19(35)28-12(11)4-20(36)29-13-5-21(37)30-14(13)6-22(38)31-15-7-23(39)32-16(15)8-24(40)41/h9-16H,1-8,25H2,(H,26,33)(H,27,34)(H,28,35)(H,29,36)(H,30,37)(H,31,38)(H,32,39)(H,40,41)/t9-,10+,11-,12+,13-,14+,15-,16+/m0/s1. The summed E-state index contributed by atoms with van der Waals surface area (Å²) in [6, 6.07) is -5.41. The molecule has 41 heavy (non-hydrogen) atoms. The topological polar surface area (TPSA) is 267 Å². The highest BCUT2D eigenvalue weighted by atomic mass is 16.4. The first kappa shape index (κ1) is 29.7. The molecule has 0 saturated carbocycles. The molecule has 4 rings (SSSR count). The number of carboxylic acids is 1. The molecule has 17 nitrogen and oxygen atoms in total. The number of carboxylic acid groups (broad SMARTS) is 1. The lowest BCUT2D eigenvalue weighted by Crippen LogP contribution is -2.51. The molecule has 4 aliphatic heterocycles. The number of nitrogens with two attached hydrogens (primary N) is 1. The monoisotopic (exact) mass is 578 g/mol. The van der Waals surface area contributed by atoms with Crippen molar-refractivity contribution < 1.29 is 43.5 Å². The zero-order valence-corrected chi connectivity index (χ0v) is 22.1. The van der Waals surface area contributed by atoms with Gasteiger partial charge in [-0.3, -0.25) is 38.4 Å². The molecule has 4 aliphatic rings. The summed E-state index contributed by atoms with van der Waals surface area (Å²) in [4.78, 5) is 96.4. The van der Waals surface area contributed by atoms with Crippen molar-refractivity contribution in [2.75, 3.05) is 0 Å². The second-order valence-corrected chi connectivity index (χ2v) is 10.9. The Morgan fingerprint density at radius 3 is 1.24 bits per heavy atom. The maximum atomic E-state index is 12.9. The van der Waals surface area contributed by atoms with E-state index in [0.29, 0.717) is 0 Å². The van der Waals surface area contributed by atoms with Gasteiger partial charge in [-0.05, 0) is 0 Å². The van der Waals surface area contributed by atoms with Crippen molar-refractivity contribution in [3.63, 3.8) is 0 Å². The fourth-order valence-electron chi connectivity index (χ4n) is 5.68. The Bertz CT molecular complexity index is 1150. The van der Waals surface area contributed by atoms with Crippen LogP contribution in [0.1, 0.15) is 51.4 Å². The minimum absolute atomic E-state index is 0.0412. The number of hydrogen-bond donors (Lipinski definition) is 9. The van der Waals surface area contributed by atoms with Crippen LogP contribution in [0.25, 0.3) is 0 Å². The normalized spacial score (nSPS) is 32.5. The van der Waals surface area contributed by atoms with Crippen LogP contribution in [0.5, 0.6) is 0 Å². The molecule has 4 saturated heterocycles. The van der Waals surface area contributed by atoms with Gasteiger partial charge in [-0.25, -0.2) is 0 Å². The van der Waals surface area contributed by atoms with Gasteiger partial charge in [0.05, 0.1) is 48.7 Å². The largest absolute Gasteiger partial charge is 0.481 e. The molecule has 224 valence electrons. The zero-order valence-electron chi connectivity index (χ0n) is 22.1. The van der Waals surface area contributed by atoms with Crippen molar-refractivity contribution in [2.24, 2.45) is 5.73 Å². The van der Waals surface area contributed by atoms with E-state index in [2.05, 4.69) is 37.2 Å². The van der Waals surface area contributed by atoms with Crippen LogP contribution in [0.15, 0.2) is 0 Å². The molecule has 0 aromatic rings. The lowest BCUT2D eigenvalue weighted by molar-refractivity contribution is -0.138. The van der Waals surface area contributed by atoms with Crippen LogP contribution in [0.4, 0.5) is 0 Å². The molecule has 7 amide bonds. The molecule has 0 aromatic carbocycles. The molecule has 17 heteroatoms. The molecule has 4 fully saturated rings. The second kappa shape index (κ2) is 12.5. The van der Waals surface area contributed by atoms with Gasteiger partial charge in [-0.15, -0.1) is 0 Å². The molecule has 0 unspecified atom stereocenters. The summed E-state index contributed by atoms with van der Waals surface area (Å²) in [7, 11) is 0. The summed E-state index contributed by atoms with van der Waals surface area (Å²) >= 11 is 0. The van der Waals surface area contributed by atoms with Crippen LogP contribution in [-0.4, -0.2) is 101 Å². The highest BCUT2D eigenvalue weighted by Gasteiger charge is 2.40. The Hall–Kier alpha value is -4.28. The van der Waals surface area contributed by atoms with Gasteiger partial charge in [0.1, 0.15) is 0 Å². The van der Waals surface area contributed by atoms with E-state index in [9.17, 15) is 38.4 Å². The molecule has 10 N–H and O–H groups in total. The molecule has 0 bridgehead atoms. The highest BCUT2D eigenvalue weighted by molar-refractivity contribution is 5.88. The Morgan fingerprint density at radius 1 is 0.585 bits per heavy atom. The smallest absolute Gasteiger partial charge is 0.305 e. The van der Waals surface area contributed by atoms with Gasteiger partial charge in [-0.1, -0.05) is 0 Å². The van der Waals surface area contributed by atoms with Crippen molar-refractivity contribution in [1.29, 1.82) is 0 Å². The van der Waals surface area contributed by atoms with E-state index in [4.69, 9.17) is 10.8 Å². The minimum atomic E-state index is -1.13. The number of hydrogen-bond acceptors (Lipinski definition) is 9. The fraction of sp³-hybridized carbons (Fsp3) is 0.667. The lowest BCUT2D eigenvalue weighted by atomic mass is 10.0. The van der Waals surface area contributed by atoms with Crippen molar-refractivity contribution in [3.05, 3.63) is 0 Å². The van der Waals surface area contributed by atoms with E-state index >= 15 is 0 Å². The zero-order chi connectivity index (χ0) is 29.8. The summed E-state index contributed by atoms with van der Waals surface area (Å²) in [6.45, 7) is 0. The molecule has 0 aliphatic carbocycles. The molecule has 0 radical (unpaired) electrons. The predicted molar refractivity (Wildman–Crippen MR) is 136 cm³/mol. The summed E-state index contributed by atoms with van der Waals surface area (Å²) in [5, 5.41) is 27.5. The van der Waals surface area contributed by atoms with Crippen LogP contribution in [0, 0.1) is 0 Å². The Labute approximate surface area is 233 Å². The molecule has 0 aromatic heterocycles. The van der Waals surface area contributed by atoms with Crippen molar-refractivity contribution in [1.82, 2.24) is 37.2 Å². The minimum Gasteiger partial charge on any atom is -0.481 e. The van der Waals surface area contributed by atoms with Crippen LogP contribution < -0.4 is 43.0 Å². The number of aliphatic carboxylic acids is 1. The van der Waals surface area contributed by atoms with E-state index in [1.807, 2.05) is 0 Å². The molecule has 4 heterocycles. The van der Waals surface area contributed by atoms with E-state index in [1.165, 1.54) is 0 Å². The second-order valence-electron chi connectivity index (χ2n) is 10.9. The summed E-state index contributed by atoms with van der Waals surface area (Å²) < 4.78 is 0. The molecular formula is C24H34N8O9. The number of rotatable bonds is 11. The Balaban J connectivity index is 1.27. The first-order valence-electron chi connectivity index (χ1n) is 13.4. The first-order chi connectivity index (χ1) is 19.4. The fourth-order valence-corrected chi connectivity index (χ4v) is 5.68. The first-order valence-corrected chi connectivity index (χ1v) is 13.4. The molecule has 0 spiro atoms. The van der Waals surface area contributed by atoms with Gasteiger partial charge < -0.3 is 48.1 Å². The molecule has 8 atom stereocenters. The van der Waals surface area contributed by atoms with E-state index in [0.717, 1.165) is 0 Å². The van der Waals surface area contributed by atoms with E-state index in [1.54, 1.807) is 0 Å². The molecular weight excluding hydrogens is 544 g/mol. The Morgan fingerprint density at radius 2 is 0.902 bits per heavy atom. The van der Waals surface area contributed by atoms with Gasteiger partial charge in [0.25, 0.3) is 0 Å². The predicted octanol–water partition coefficient (Wildman–Crippen LogP) is -5.03. The van der Waals surface area contributed by atoms with Crippen molar-refractivity contribution >= 4 is 47.3 Å². The van der Waals surface area contributed by atoms with Gasteiger partial charge >= 0.3 is 5.97 Å². The van der Waals surface area contributed by atoms with E-state index in [-0.39, 0.29) is 75.0 Å². The highest BCUT2D eigenvalue weighted by Crippen LogP contribution is 2.18. The third kappa shape index (κ3) is 7.90. The van der Waals surface area contributed by atoms with Crippen LogP contribution >= 0.6 is 0 Å². The van der Waals surface area contributed by atoms with Crippen LogP contribution in [-0.2, 0) is 38.4 Å². The van der Waals surface area contributed by atoms with Crippen LogP contribution in [0.2, 0.25) is 0 Å². The van der Waals surface area contributed by atoms with E-state index < -0.39 is 72.0 Å². The van der Waals surface area contributed by atoms with Gasteiger partial charge in [-0.2, -0.15) is 0 Å². The quantitative estimate of drug-likeness (QED) is 0.113. The average Bonchev–Trinajstić information content (AvgIpc) is 3.55. The van der Waals surface area contributed by atoms with Crippen molar-refractivity contribution in [3.8, 4) is 0 Å². The maximum Gasteiger partial charge on any atom is 0.305 e. The Kier molecular flexibility index (Phi) is 9.05. The third-order valence-electron chi connectivity index (χ3n) is 7.65. The third-order valence-corrected chi connectivity index (χ3v) is 7.65. The SMILES string of the molecule is N[C@H]1CC(=O)N[C@@H]1CC(=O)N[C@H]1CC(=O)N[C@@H]1CC(=O)N[C@H]1CC(=O)N[C@@H]1CC(=O)N[C@H]1CC(=O)N[C@@H]1CC(=O)O. The summed E-state index contributed by atoms with van der Waals surface area (Å²) in [6.07, 6.45) is -0.939. The lowest BCUT2D eigenvalue weighted by Gasteiger charge is -2.24. The average molecular weight is 579 g/mol. The van der Waals surface area contributed by atoms with Gasteiger partial charge in [0.15, 0.2) is 0 Å². The van der Waals surface area contributed by atoms with Crippen molar-refractivity contribution in [2.45, 2.75) is 99.7 Å². The van der Waals surface area contributed by atoms with Gasteiger partial charge in [0.2, 0.25) is 41.4 Å². The number of carbonyl (C=O) groups is 8. The summed E-state index contributed by atoms with van der Waals surface area (Å²) in [5.41, 5.74) is 5.86. The number of nitrogens with one attached hydrogen (secondary N) is 7.